The van der Waals surface area contributed by atoms with E-state index in [2.05, 4.69) is 17.0 Å². The number of hydrogen-bond acceptors (Lipinski definition) is 9. The fourth-order valence-electron chi connectivity index (χ4n) is 4.97. The number of fused-ring (bicyclic) bond motifs is 3. The molecular weight excluding hydrogens is 581 g/mol. The summed E-state index contributed by atoms with van der Waals surface area (Å²) in [6, 6.07) is 13.7. The maximum absolute atomic E-state index is 14.6. The van der Waals surface area contributed by atoms with Gasteiger partial charge < -0.3 is 24.3 Å². The van der Waals surface area contributed by atoms with Gasteiger partial charge in [-0.3, -0.25) is 9.32 Å². The molecule has 11 nitrogen and oxygen atoms in total. The number of para-hydroxylation sites is 2. The Labute approximate surface area is 263 Å². The van der Waals surface area contributed by atoms with Crippen LogP contribution in [-0.2, 0) is 35.5 Å². The highest BCUT2D eigenvalue weighted by molar-refractivity contribution is 7.52. The highest BCUT2D eigenvalue weighted by atomic mass is 31.2. The number of anilines is 1. The van der Waals surface area contributed by atoms with E-state index in [1.165, 1.54) is 0 Å². The Morgan fingerprint density at radius 3 is 2.55 bits per heavy atom. The zero-order chi connectivity index (χ0) is 34.4. The molecule has 2 aromatic carbocycles. The van der Waals surface area contributed by atoms with Crippen LogP contribution in [0.3, 0.4) is 0 Å². The fraction of sp³-hybridized carbons (Fsp3) is 0.469. The van der Waals surface area contributed by atoms with Crippen molar-refractivity contribution >= 4 is 41.5 Å². The maximum Gasteiger partial charge on any atom is 0.459 e. The quantitative estimate of drug-likeness (QED) is 0.101. The van der Waals surface area contributed by atoms with Crippen LogP contribution in [0.1, 0.15) is 70.7 Å². The number of ether oxygens (including phenoxy) is 2. The van der Waals surface area contributed by atoms with E-state index in [0.29, 0.717) is 35.4 Å². The first-order valence-electron chi connectivity index (χ1n) is 16.3. The van der Waals surface area contributed by atoms with Gasteiger partial charge in [-0.15, -0.1) is 0 Å². The summed E-state index contributed by atoms with van der Waals surface area (Å²) in [5, 5.41) is 3.22. The van der Waals surface area contributed by atoms with Crippen molar-refractivity contribution in [2.45, 2.75) is 85.0 Å². The molecule has 3 N–H and O–H groups in total. The predicted molar refractivity (Wildman–Crippen MR) is 172 cm³/mol. The predicted octanol–water partition coefficient (Wildman–Crippen LogP) is 6.74. The lowest BCUT2D eigenvalue weighted by molar-refractivity contribution is -0.149. The standard InChI is InChI=1S/C32H44N5O6P/c1-7-9-19-32(6,21-41-44(39,43-24-15-11-10-12-16-24)36-23(5)31(38)42-22(3)4)37-27(20-40-8-2)35-28-29(37)25-17-13-14-18-26(25)34-30(28)33/h10-18,22-23H,7-9,19-21H2,1-6H3,(H2,33,34)(H,36,39)/t23-,32-,44-/m0/s1/i5D3. The molecular formula is C32H44N5O6P. The monoisotopic (exact) mass is 628 g/mol. The summed E-state index contributed by atoms with van der Waals surface area (Å²) in [4.78, 5) is 22.4. The molecule has 12 heteroatoms. The molecule has 0 saturated carbocycles. The molecule has 0 aliphatic carbocycles. The van der Waals surface area contributed by atoms with E-state index in [1.807, 2.05) is 42.7 Å². The van der Waals surface area contributed by atoms with Crippen LogP contribution < -0.4 is 15.3 Å². The molecule has 0 bridgehead atoms. The number of nitrogen functional groups attached to an aromatic ring is 1. The highest BCUT2D eigenvalue weighted by Crippen LogP contribution is 2.47. The number of carbonyl (C=O) groups excluding carboxylic acids is 1. The van der Waals surface area contributed by atoms with Crippen LogP contribution in [0.5, 0.6) is 5.75 Å². The molecule has 0 fully saturated rings. The van der Waals surface area contributed by atoms with Crippen LogP contribution in [0.15, 0.2) is 54.6 Å². The number of hydrogen-bond donors (Lipinski definition) is 2. The van der Waals surface area contributed by atoms with Gasteiger partial charge in [0.1, 0.15) is 29.7 Å². The summed E-state index contributed by atoms with van der Waals surface area (Å²) < 4.78 is 63.8. The Morgan fingerprint density at radius 1 is 1.14 bits per heavy atom. The van der Waals surface area contributed by atoms with Gasteiger partial charge in [0.05, 0.1) is 29.3 Å². The number of aromatic nitrogens is 3. The lowest BCUT2D eigenvalue weighted by Crippen LogP contribution is -2.40. The second kappa shape index (κ2) is 14.5. The Hall–Kier alpha value is -3.50. The molecule has 238 valence electrons. The molecule has 0 saturated heterocycles. The summed E-state index contributed by atoms with van der Waals surface area (Å²) in [5.74, 6) is -0.155. The van der Waals surface area contributed by atoms with Crippen molar-refractivity contribution < 1.29 is 32.0 Å². The number of carbonyl (C=O) groups is 1. The minimum atomic E-state index is -4.59. The third-order valence-electron chi connectivity index (χ3n) is 7.02. The average Bonchev–Trinajstić information content (AvgIpc) is 3.42. The van der Waals surface area contributed by atoms with Gasteiger partial charge in [0.2, 0.25) is 0 Å². The molecule has 0 radical (unpaired) electrons. The molecule has 0 aliphatic heterocycles. The van der Waals surface area contributed by atoms with Crippen molar-refractivity contribution in [3.63, 3.8) is 0 Å². The average molecular weight is 629 g/mol. The topological polar surface area (TPSA) is 140 Å². The van der Waals surface area contributed by atoms with E-state index in [1.54, 1.807) is 44.2 Å². The molecule has 3 atom stereocenters. The van der Waals surface area contributed by atoms with E-state index in [9.17, 15) is 9.36 Å². The molecule has 2 heterocycles. The molecule has 2 aromatic heterocycles. The minimum absolute atomic E-state index is 0.148. The first kappa shape index (κ1) is 29.2. The Balaban J connectivity index is 1.86. The van der Waals surface area contributed by atoms with E-state index in [0.717, 1.165) is 18.2 Å². The van der Waals surface area contributed by atoms with Crippen LogP contribution in [0.25, 0.3) is 21.9 Å². The van der Waals surface area contributed by atoms with Gasteiger partial charge >= 0.3 is 13.7 Å². The molecule has 0 spiro atoms. The Bertz CT molecular complexity index is 1720. The number of nitrogens with one attached hydrogen (secondary N) is 1. The summed E-state index contributed by atoms with van der Waals surface area (Å²) in [5.41, 5.74) is 7.35. The number of rotatable bonds is 16. The van der Waals surface area contributed by atoms with Crippen LogP contribution in [0.2, 0.25) is 0 Å². The van der Waals surface area contributed by atoms with Gasteiger partial charge in [-0.1, -0.05) is 56.2 Å². The minimum Gasteiger partial charge on any atom is -0.462 e. The van der Waals surface area contributed by atoms with Crippen molar-refractivity contribution in [3.8, 4) is 5.75 Å². The van der Waals surface area contributed by atoms with Crippen molar-refractivity contribution in [1.29, 1.82) is 0 Å². The van der Waals surface area contributed by atoms with Gasteiger partial charge in [0.25, 0.3) is 0 Å². The number of unbranched alkanes of at least 4 members (excludes halogenated alkanes) is 1. The SMILES string of the molecule is [2H]C([2H])([2H])[C@H](N[P@](=O)(OC[C@](C)(CCCC)n1c(COCC)nc2c(N)nc3ccccc3c21)Oc1ccccc1)C(=O)OC(C)C. The van der Waals surface area contributed by atoms with E-state index in [4.69, 9.17) is 33.4 Å². The summed E-state index contributed by atoms with van der Waals surface area (Å²) in [6.07, 6.45) is 1.51. The van der Waals surface area contributed by atoms with Crippen molar-refractivity contribution in [1.82, 2.24) is 19.6 Å². The number of esters is 1. The number of nitrogens with two attached hydrogens (primary N) is 1. The van der Waals surface area contributed by atoms with E-state index < -0.39 is 38.3 Å². The number of imidazole rings is 1. The highest BCUT2D eigenvalue weighted by Gasteiger charge is 2.39. The first-order valence-corrected chi connectivity index (χ1v) is 16.4. The van der Waals surface area contributed by atoms with Gasteiger partial charge in [-0.25, -0.2) is 14.5 Å². The second-order valence-electron chi connectivity index (χ2n) is 11.0. The third kappa shape index (κ3) is 7.77. The van der Waals surface area contributed by atoms with E-state index in [-0.39, 0.29) is 24.8 Å². The third-order valence-corrected chi connectivity index (χ3v) is 8.52. The Morgan fingerprint density at radius 2 is 1.86 bits per heavy atom. The molecule has 44 heavy (non-hydrogen) atoms. The van der Waals surface area contributed by atoms with Crippen LogP contribution in [0.4, 0.5) is 5.82 Å². The number of nitrogens with zero attached hydrogens (tertiary/aromatic N) is 3. The van der Waals surface area contributed by atoms with Gasteiger partial charge in [0.15, 0.2) is 5.82 Å². The lowest BCUT2D eigenvalue weighted by Gasteiger charge is -2.35. The molecule has 0 amide bonds. The molecule has 0 aliphatic rings. The van der Waals surface area contributed by atoms with Crippen molar-refractivity contribution in [3.05, 3.63) is 60.4 Å². The normalized spacial score (nSPS) is 16.5. The van der Waals surface area contributed by atoms with Gasteiger partial charge in [-0.2, -0.15) is 5.09 Å². The van der Waals surface area contributed by atoms with Crippen LogP contribution in [-0.4, -0.2) is 45.9 Å². The zero-order valence-corrected chi connectivity index (χ0v) is 26.8. The van der Waals surface area contributed by atoms with Crippen molar-refractivity contribution in [2.24, 2.45) is 0 Å². The van der Waals surface area contributed by atoms with Crippen LogP contribution in [0, 0.1) is 0 Å². The molecule has 0 unspecified atom stereocenters. The molecule has 4 aromatic rings. The summed E-state index contributed by atoms with van der Waals surface area (Å²) in [6.45, 7) is 6.46. The number of benzene rings is 2. The van der Waals surface area contributed by atoms with Gasteiger partial charge in [-0.05, 0) is 59.2 Å². The lowest BCUT2D eigenvalue weighted by atomic mass is 9.94. The second-order valence-corrected chi connectivity index (χ2v) is 12.7. The number of pyridine rings is 1. The first-order chi connectivity index (χ1) is 22.2. The zero-order valence-electron chi connectivity index (χ0n) is 28.9. The fourth-order valence-corrected chi connectivity index (χ4v) is 6.42. The smallest absolute Gasteiger partial charge is 0.459 e. The van der Waals surface area contributed by atoms with Crippen LogP contribution >= 0.6 is 7.75 Å². The maximum atomic E-state index is 14.6. The largest absolute Gasteiger partial charge is 0.462 e. The summed E-state index contributed by atoms with van der Waals surface area (Å²) in [7, 11) is -4.59. The molecule has 4 rings (SSSR count). The van der Waals surface area contributed by atoms with E-state index >= 15 is 0 Å². The van der Waals surface area contributed by atoms with Crippen molar-refractivity contribution in [2.75, 3.05) is 18.9 Å². The Kier molecular flexibility index (Phi) is 9.64. The summed E-state index contributed by atoms with van der Waals surface area (Å²) >= 11 is 0. The van der Waals surface area contributed by atoms with Gasteiger partial charge in [0, 0.05) is 16.1 Å².